The summed E-state index contributed by atoms with van der Waals surface area (Å²) in [4.78, 5) is 29.8. The summed E-state index contributed by atoms with van der Waals surface area (Å²) in [6.45, 7) is -0.528. The number of nitrogens with one attached hydrogen (secondary N) is 1. The minimum atomic E-state index is -3.37. The van der Waals surface area contributed by atoms with Crippen LogP contribution in [0.4, 0.5) is 5.69 Å². The number of H-pyrrole nitrogens is 1. The Kier molecular flexibility index (Phi) is 5.48. The number of esters is 1. The molecule has 0 aliphatic carbocycles. The molecule has 3 aromatic rings. The van der Waals surface area contributed by atoms with Crippen LogP contribution in [0.15, 0.2) is 70.6 Å². The van der Waals surface area contributed by atoms with Crippen molar-refractivity contribution in [3.63, 3.8) is 0 Å². The van der Waals surface area contributed by atoms with Crippen LogP contribution in [0, 0.1) is 0 Å². The zero-order valence-electron chi connectivity index (χ0n) is 15.6. The van der Waals surface area contributed by atoms with Gasteiger partial charge in [-0.05, 0) is 40.2 Å². The number of fused-ring (bicyclic) bond motifs is 1. The first kappa shape index (κ1) is 20.4. The van der Waals surface area contributed by atoms with Gasteiger partial charge < -0.3 is 14.6 Å². The standard InChI is InChI=1S/C21H17BrN2O5S/c22-19-16-8-4-5-9-17(16)23-20(19)21(26)29-12-18(25)24(14-6-2-1-3-7-14)15-10-11-30(27,28)13-15/h1-11,15,23H,12-13H2. The first-order valence-corrected chi connectivity index (χ1v) is 11.6. The summed E-state index contributed by atoms with van der Waals surface area (Å²) in [6.07, 6.45) is 1.47. The molecule has 9 heteroatoms. The summed E-state index contributed by atoms with van der Waals surface area (Å²) < 4.78 is 29.5. The van der Waals surface area contributed by atoms with Crippen molar-refractivity contribution in [1.29, 1.82) is 0 Å². The molecule has 4 rings (SSSR count). The Morgan fingerprint density at radius 3 is 2.47 bits per heavy atom. The number of nitrogens with zero attached hydrogens (tertiary/aromatic N) is 1. The van der Waals surface area contributed by atoms with Crippen molar-refractivity contribution in [2.45, 2.75) is 6.04 Å². The van der Waals surface area contributed by atoms with Gasteiger partial charge in [-0.3, -0.25) is 4.79 Å². The molecule has 1 N–H and O–H groups in total. The van der Waals surface area contributed by atoms with Crippen molar-refractivity contribution in [3.05, 3.63) is 76.2 Å². The van der Waals surface area contributed by atoms with E-state index in [1.165, 1.54) is 11.0 Å². The second kappa shape index (κ2) is 8.08. The summed E-state index contributed by atoms with van der Waals surface area (Å²) >= 11 is 3.39. The maximum atomic E-state index is 12.9. The monoisotopic (exact) mass is 488 g/mol. The summed E-state index contributed by atoms with van der Waals surface area (Å²) in [5.41, 5.74) is 1.49. The van der Waals surface area contributed by atoms with E-state index in [2.05, 4.69) is 20.9 Å². The minimum Gasteiger partial charge on any atom is -0.451 e. The number of anilines is 1. The van der Waals surface area contributed by atoms with Gasteiger partial charge in [0.05, 0.1) is 16.3 Å². The number of hydrogen-bond donors (Lipinski definition) is 1. The molecule has 1 aromatic heterocycles. The molecule has 1 atom stereocenters. The van der Waals surface area contributed by atoms with Crippen molar-refractivity contribution < 1.29 is 22.7 Å². The van der Waals surface area contributed by atoms with Gasteiger partial charge in [-0.25, -0.2) is 13.2 Å². The highest BCUT2D eigenvalue weighted by molar-refractivity contribution is 9.10. The number of aromatic nitrogens is 1. The van der Waals surface area contributed by atoms with Gasteiger partial charge >= 0.3 is 5.97 Å². The lowest BCUT2D eigenvalue weighted by molar-refractivity contribution is -0.121. The number of halogens is 1. The van der Waals surface area contributed by atoms with Crippen LogP contribution in [-0.2, 0) is 19.4 Å². The molecule has 154 valence electrons. The van der Waals surface area contributed by atoms with Crippen LogP contribution in [-0.4, -0.2) is 43.7 Å². The Hall–Kier alpha value is -2.91. The molecule has 0 bridgehead atoms. The molecule has 1 amide bonds. The van der Waals surface area contributed by atoms with Crippen molar-refractivity contribution in [3.8, 4) is 0 Å². The number of carbonyl (C=O) groups is 2. The van der Waals surface area contributed by atoms with E-state index in [1.807, 2.05) is 24.3 Å². The average molecular weight is 489 g/mol. The number of rotatable bonds is 5. The number of sulfone groups is 1. The van der Waals surface area contributed by atoms with E-state index in [0.29, 0.717) is 10.2 Å². The molecular formula is C21H17BrN2O5S. The highest BCUT2D eigenvalue weighted by atomic mass is 79.9. The fourth-order valence-corrected chi connectivity index (χ4v) is 5.22. The van der Waals surface area contributed by atoms with Crippen LogP contribution in [0.5, 0.6) is 0 Å². The van der Waals surface area contributed by atoms with E-state index in [-0.39, 0.29) is 11.4 Å². The second-order valence-electron chi connectivity index (χ2n) is 6.76. The van der Waals surface area contributed by atoms with Crippen molar-refractivity contribution >= 4 is 54.2 Å². The highest BCUT2D eigenvalue weighted by Gasteiger charge is 2.32. The van der Waals surface area contributed by atoms with Gasteiger partial charge in [0, 0.05) is 22.0 Å². The van der Waals surface area contributed by atoms with Crippen LogP contribution in [0.25, 0.3) is 10.9 Å². The van der Waals surface area contributed by atoms with Crippen molar-refractivity contribution in [2.75, 3.05) is 17.3 Å². The van der Waals surface area contributed by atoms with E-state index < -0.39 is 34.4 Å². The number of para-hydroxylation sites is 2. The maximum Gasteiger partial charge on any atom is 0.356 e. The zero-order chi connectivity index (χ0) is 21.3. The summed E-state index contributed by atoms with van der Waals surface area (Å²) in [6, 6.07) is 15.4. The number of aromatic amines is 1. The number of carbonyl (C=O) groups excluding carboxylic acids is 2. The molecule has 0 saturated heterocycles. The summed E-state index contributed by atoms with van der Waals surface area (Å²) in [7, 11) is -3.37. The fourth-order valence-electron chi connectivity index (χ4n) is 3.35. The maximum absolute atomic E-state index is 12.9. The average Bonchev–Trinajstić information content (AvgIpc) is 3.26. The number of hydrogen-bond acceptors (Lipinski definition) is 5. The Bertz CT molecular complexity index is 1250. The smallest absolute Gasteiger partial charge is 0.356 e. The molecule has 0 saturated carbocycles. The molecule has 0 fully saturated rings. The first-order chi connectivity index (χ1) is 14.4. The molecule has 1 aliphatic rings. The van der Waals surface area contributed by atoms with Crippen molar-refractivity contribution in [2.24, 2.45) is 0 Å². The molecule has 2 aromatic carbocycles. The lowest BCUT2D eigenvalue weighted by atomic mass is 10.2. The lowest BCUT2D eigenvalue weighted by Crippen LogP contribution is -2.43. The third-order valence-corrected chi connectivity index (χ3v) is 6.92. The normalized spacial score (nSPS) is 17.2. The first-order valence-electron chi connectivity index (χ1n) is 9.07. The minimum absolute atomic E-state index is 0.207. The number of ether oxygens (including phenoxy) is 1. The topological polar surface area (TPSA) is 96.5 Å². The van der Waals surface area contributed by atoms with E-state index in [1.54, 1.807) is 30.3 Å². The lowest BCUT2D eigenvalue weighted by Gasteiger charge is -2.27. The predicted molar refractivity (Wildman–Crippen MR) is 117 cm³/mol. The van der Waals surface area contributed by atoms with Crippen LogP contribution >= 0.6 is 15.9 Å². The molecule has 30 heavy (non-hydrogen) atoms. The van der Waals surface area contributed by atoms with Crippen molar-refractivity contribution in [1.82, 2.24) is 4.98 Å². The van der Waals surface area contributed by atoms with Gasteiger partial charge in [0.2, 0.25) is 0 Å². The SMILES string of the molecule is O=C(OCC(=O)N(c1ccccc1)C1C=CS(=O)(=O)C1)c1[nH]c2ccccc2c1Br. The molecule has 1 unspecified atom stereocenters. The summed E-state index contributed by atoms with van der Waals surface area (Å²) in [5.74, 6) is -1.42. The van der Waals surface area contributed by atoms with Gasteiger partial charge in [0.1, 0.15) is 5.69 Å². The number of benzene rings is 2. The van der Waals surface area contributed by atoms with E-state index in [0.717, 1.165) is 16.3 Å². The van der Waals surface area contributed by atoms with Crippen LogP contribution in [0.3, 0.4) is 0 Å². The molecular weight excluding hydrogens is 472 g/mol. The number of amides is 1. The largest absolute Gasteiger partial charge is 0.451 e. The van der Waals surface area contributed by atoms with Gasteiger partial charge in [-0.1, -0.05) is 36.4 Å². The van der Waals surface area contributed by atoms with E-state index in [4.69, 9.17) is 4.74 Å². The van der Waals surface area contributed by atoms with Crippen LogP contribution in [0.2, 0.25) is 0 Å². The van der Waals surface area contributed by atoms with E-state index in [9.17, 15) is 18.0 Å². The zero-order valence-corrected chi connectivity index (χ0v) is 18.0. The third kappa shape index (κ3) is 4.03. The Morgan fingerprint density at radius 2 is 1.80 bits per heavy atom. The third-order valence-electron chi connectivity index (χ3n) is 4.72. The Balaban J connectivity index is 1.53. The van der Waals surface area contributed by atoms with Gasteiger partial charge in [-0.2, -0.15) is 0 Å². The van der Waals surface area contributed by atoms with E-state index >= 15 is 0 Å². The van der Waals surface area contributed by atoms with Gasteiger partial charge in [-0.15, -0.1) is 0 Å². The molecule has 2 heterocycles. The molecule has 0 spiro atoms. The summed E-state index contributed by atoms with van der Waals surface area (Å²) in [5, 5.41) is 1.93. The quantitative estimate of drug-likeness (QED) is 0.554. The molecule has 7 nitrogen and oxygen atoms in total. The van der Waals surface area contributed by atoms with Crippen LogP contribution < -0.4 is 4.90 Å². The Labute approximate surface area is 181 Å². The second-order valence-corrected chi connectivity index (χ2v) is 9.48. The van der Waals surface area contributed by atoms with Crippen LogP contribution in [0.1, 0.15) is 10.5 Å². The molecule has 1 aliphatic heterocycles. The fraction of sp³-hybridized carbons (Fsp3) is 0.143. The van der Waals surface area contributed by atoms with Gasteiger partial charge in [0.15, 0.2) is 16.4 Å². The highest BCUT2D eigenvalue weighted by Crippen LogP contribution is 2.28. The van der Waals surface area contributed by atoms with Gasteiger partial charge in [0.25, 0.3) is 5.91 Å². The predicted octanol–water partition coefficient (Wildman–Crippen LogP) is 3.43. The Morgan fingerprint density at radius 1 is 1.10 bits per heavy atom. The molecule has 0 radical (unpaired) electrons.